The van der Waals surface area contributed by atoms with Crippen molar-refractivity contribution in [1.29, 1.82) is 0 Å². The molecule has 0 saturated heterocycles. The Labute approximate surface area is 174 Å². The highest BCUT2D eigenvalue weighted by Gasteiger charge is 2.43. The van der Waals surface area contributed by atoms with Crippen molar-refractivity contribution in [3.05, 3.63) is 59.2 Å². The Morgan fingerprint density at radius 1 is 1.28 bits per heavy atom. The third-order valence-corrected chi connectivity index (χ3v) is 6.61. The Morgan fingerprint density at radius 2 is 2.03 bits per heavy atom. The fraction of sp³-hybridized carbons (Fsp3) is 0.560. The number of nitrogens with zero attached hydrogens (tertiary/aromatic N) is 1. The summed E-state index contributed by atoms with van der Waals surface area (Å²) in [6.07, 6.45) is 10.8. The SMILES string of the molecule is Cc1ccccc1[C@H](O)C=C[C@@H]1[C@H]2CC(CCCCC(=O)N(C)C)=C[C@H]2C[C@H]1O. The molecule has 4 nitrogen and oxygen atoms in total. The number of carbonyl (C=O) groups excluding carboxylic acids is 1. The van der Waals surface area contributed by atoms with Crippen LogP contribution in [-0.2, 0) is 4.79 Å². The maximum absolute atomic E-state index is 11.7. The second-order valence-electron chi connectivity index (χ2n) is 8.92. The second kappa shape index (κ2) is 9.73. The maximum Gasteiger partial charge on any atom is 0.222 e. The molecule has 158 valence electrons. The topological polar surface area (TPSA) is 60.8 Å². The lowest BCUT2D eigenvalue weighted by atomic mass is 9.88. The molecule has 1 saturated carbocycles. The summed E-state index contributed by atoms with van der Waals surface area (Å²) in [7, 11) is 3.61. The standard InChI is InChI=1S/C25H35NO3/c1-17-8-4-6-10-20(17)23(27)13-12-21-22-15-18(14-19(22)16-24(21)28)9-5-7-11-25(29)26(2)3/h4,6,8,10,12-14,19,21-24,27-28H,5,7,9,11,15-16H2,1-3H3/t19-,21+,22-,23+,24+/m0/s1. The predicted octanol–water partition coefficient (Wildman–Crippen LogP) is 4.18. The molecule has 4 heteroatoms. The van der Waals surface area contributed by atoms with E-state index in [0.717, 1.165) is 43.2 Å². The fourth-order valence-electron chi connectivity index (χ4n) is 4.90. The number of hydrogen-bond donors (Lipinski definition) is 2. The van der Waals surface area contributed by atoms with Crippen LogP contribution in [0.3, 0.4) is 0 Å². The van der Waals surface area contributed by atoms with Gasteiger partial charge in [0.2, 0.25) is 5.91 Å². The third-order valence-electron chi connectivity index (χ3n) is 6.61. The molecule has 1 amide bonds. The van der Waals surface area contributed by atoms with Crippen LogP contribution in [0.5, 0.6) is 0 Å². The summed E-state index contributed by atoms with van der Waals surface area (Å²) in [5, 5.41) is 21.1. The number of aliphatic hydroxyl groups excluding tert-OH is 2. The van der Waals surface area contributed by atoms with E-state index in [9.17, 15) is 15.0 Å². The Kier molecular flexibility index (Phi) is 7.31. The van der Waals surface area contributed by atoms with Crippen molar-refractivity contribution in [2.45, 2.75) is 57.7 Å². The van der Waals surface area contributed by atoms with Crippen LogP contribution in [0.2, 0.25) is 0 Å². The first-order chi connectivity index (χ1) is 13.9. The van der Waals surface area contributed by atoms with E-state index in [4.69, 9.17) is 0 Å². The molecule has 0 aromatic heterocycles. The summed E-state index contributed by atoms with van der Waals surface area (Å²) in [5.41, 5.74) is 3.47. The molecule has 0 spiro atoms. The number of aliphatic hydroxyl groups is 2. The molecule has 0 bridgehead atoms. The predicted molar refractivity (Wildman–Crippen MR) is 116 cm³/mol. The highest BCUT2D eigenvalue weighted by molar-refractivity contribution is 5.75. The van der Waals surface area contributed by atoms with Crippen molar-refractivity contribution in [3.63, 3.8) is 0 Å². The first-order valence-electron chi connectivity index (χ1n) is 10.9. The van der Waals surface area contributed by atoms with Gasteiger partial charge in [-0.05, 0) is 62.0 Å². The third kappa shape index (κ3) is 5.37. The number of benzene rings is 1. The van der Waals surface area contributed by atoms with Crippen LogP contribution in [0.25, 0.3) is 0 Å². The number of rotatable bonds is 8. The van der Waals surface area contributed by atoms with Gasteiger partial charge in [-0.1, -0.05) is 48.1 Å². The number of carbonyl (C=O) groups is 1. The molecule has 1 fully saturated rings. The zero-order chi connectivity index (χ0) is 21.0. The monoisotopic (exact) mass is 397 g/mol. The van der Waals surface area contributed by atoms with Gasteiger partial charge in [0, 0.05) is 26.4 Å². The normalized spacial score (nSPS) is 27.1. The van der Waals surface area contributed by atoms with Crippen molar-refractivity contribution in [1.82, 2.24) is 4.90 Å². The zero-order valence-electron chi connectivity index (χ0n) is 17.9. The molecule has 2 aliphatic carbocycles. The first-order valence-corrected chi connectivity index (χ1v) is 10.9. The van der Waals surface area contributed by atoms with Gasteiger partial charge in [-0.15, -0.1) is 0 Å². The minimum absolute atomic E-state index is 0.0998. The van der Waals surface area contributed by atoms with E-state index in [1.165, 1.54) is 5.57 Å². The summed E-state index contributed by atoms with van der Waals surface area (Å²) >= 11 is 0. The van der Waals surface area contributed by atoms with Gasteiger partial charge >= 0.3 is 0 Å². The van der Waals surface area contributed by atoms with Crippen molar-refractivity contribution >= 4 is 5.91 Å². The van der Waals surface area contributed by atoms with Crippen LogP contribution in [0.15, 0.2) is 48.1 Å². The average Bonchev–Trinajstić information content (AvgIpc) is 3.19. The summed E-state index contributed by atoms with van der Waals surface area (Å²) < 4.78 is 0. The lowest BCUT2D eigenvalue weighted by Gasteiger charge is -2.19. The van der Waals surface area contributed by atoms with Crippen molar-refractivity contribution in [3.8, 4) is 0 Å². The van der Waals surface area contributed by atoms with Gasteiger partial charge in [0.25, 0.3) is 0 Å². The van der Waals surface area contributed by atoms with Crippen LogP contribution in [0.1, 0.15) is 55.8 Å². The van der Waals surface area contributed by atoms with E-state index in [1.807, 2.05) is 43.3 Å². The van der Waals surface area contributed by atoms with Crippen LogP contribution in [0.4, 0.5) is 0 Å². The van der Waals surface area contributed by atoms with Crippen molar-refractivity contribution in [2.24, 2.45) is 17.8 Å². The molecule has 1 aromatic carbocycles. The Bertz CT molecular complexity index is 767. The number of unbranched alkanes of at least 4 members (excludes halogenated alkanes) is 1. The van der Waals surface area contributed by atoms with Crippen LogP contribution in [-0.4, -0.2) is 41.2 Å². The molecular formula is C25H35NO3. The minimum atomic E-state index is -0.634. The molecular weight excluding hydrogens is 362 g/mol. The maximum atomic E-state index is 11.7. The first kappa shape index (κ1) is 21.8. The molecule has 0 unspecified atom stereocenters. The van der Waals surface area contributed by atoms with Gasteiger partial charge in [0.05, 0.1) is 12.2 Å². The number of fused-ring (bicyclic) bond motifs is 1. The van der Waals surface area contributed by atoms with Crippen LogP contribution < -0.4 is 0 Å². The van der Waals surface area contributed by atoms with Gasteiger partial charge in [-0.2, -0.15) is 0 Å². The molecule has 5 atom stereocenters. The Balaban J connectivity index is 1.52. The number of aryl methyl sites for hydroxylation is 1. The van der Waals surface area contributed by atoms with Gasteiger partial charge in [-0.25, -0.2) is 0 Å². The van der Waals surface area contributed by atoms with E-state index in [-0.39, 0.29) is 17.9 Å². The Hall–Kier alpha value is -1.91. The molecule has 2 N–H and O–H groups in total. The molecule has 0 aliphatic heterocycles. The summed E-state index contributed by atoms with van der Waals surface area (Å²) in [6, 6.07) is 7.88. The lowest BCUT2D eigenvalue weighted by Crippen LogP contribution is -2.21. The summed E-state index contributed by atoms with van der Waals surface area (Å²) in [5.74, 6) is 1.17. The summed E-state index contributed by atoms with van der Waals surface area (Å²) in [6.45, 7) is 2.01. The summed E-state index contributed by atoms with van der Waals surface area (Å²) in [4.78, 5) is 13.3. The molecule has 0 radical (unpaired) electrons. The largest absolute Gasteiger partial charge is 0.392 e. The van der Waals surface area contributed by atoms with E-state index in [1.54, 1.807) is 19.0 Å². The number of amides is 1. The highest BCUT2D eigenvalue weighted by atomic mass is 16.3. The molecule has 1 aromatic rings. The van der Waals surface area contributed by atoms with Crippen molar-refractivity contribution in [2.75, 3.05) is 14.1 Å². The van der Waals surface area contributed by atoms with Gasteiger partial charge in [-0.3, -0.25) is 4.79 Å². The molecule has 2 aliphatic rings. The number of hydrogen-bond acceptors (Lipinski definition) is 3. The quantitative estimate of drug-likeness (QED) is 0.511. The van der Waals surface area contributed by atoms with Gasteiger partial charge < -0.3 is 15.1 Å². The molecule has 0 heterocycles. The van der Waals surface area contributed by atoms with Crippen molar-refractivity contribution < 1.29 is 15.0 Å². The van der Waals surface area contributed by atoms with Crippen LogP contribution in [0, 0.1) is 24.7 Å². The van der Waals surface area contributed by atoms with Gasteiger partial charge in [0.15, 0.2) is 0 Å². The van der Waals surface area contributed by atoms with E-state index in [2.05, 4.69) is 6.08 Å². The average molecular weight is 398 g/mol. The lowest BCUT2D eigenvalue weighted by molar-refractivity contribution is -0.128. The van der Waals surface area contributed by atoms with Crippen LogP contribution >= 0.6 is 0 Å². The van der Waals surface area contributed by atoms with E-state index < -0.39 is 6.10 Å². The second-order valence-corrected chi connectivity index (χ2v) is 8.92. The smallest absolute Gasteiger partial charge is 0.222 e. The fourth-order valence-corrected chi connectivity index (χ4v) is 4.90. The van der Waals surface area contributed by atoms with E-state index in [0.29, 0.717) is 18.3 Å². The molecule has 29 heavy (non-hydrogen) atoms. The Morgan fingerprint density at radius 3 is 2.76 bits per heavy atom. The molecule has 3 rings (SSSR count). The minimum Gasteiger partial charge on any atom is -0.392 e. The highest BCUT2D eigenvalue weighted by Crippen LogP contribution is 2.48. The van der Waals surface area contributed by atoms with Gasteiger partial charge in [0.1, 0.15) is 0 Å². The zero-order valence-corrected chi connectivity index (χ0v) is 17.9. The number of allylic oxidation sites excluding steroid dienone is 2. The van der Waals surface area contributed by atoms with E-state index >= 15 is 0 Å².